The van der Waals surface area contributed by atoms with Gasteiger partial charge in [-0.2, -0.15) is 0 Å². The quantitative estimate of drug-likeness (QED) is 0.832. The van der Waals surface area contributed by atoms with Gasteiger partial charge in [-0.15, -0.1) is 11.3 Å². The van der Waals surface area contributed by atoms with Crippen LogP contribution in [0.5, 0.6) is 0 Å². The number of likely N-dealkylation sites (tertiary alicyclic amines) is 1. The molecule has 0 spiro atoms. The molecule has 96 valence electrons. The fourth-order valence-electron chi connectivity index (χ4n) is 3.61. The maximum Gasteiger partial charge on any atom is 0.263 e. The van der Waals surface area contributed by atoms with Crippen LogP contribution < -0.4 is 5.32 Å². The van der Waals surface area contributed by atoms with Crippen molar-refractivity contribution >= 4 is 17.2 Å². The number of hydrogen-bond acceptors (Lipinski definition) is 3. The third-order valence-electron chi connectivity index (χ3n) is 4.63. The van der Waals surface area contributed by atoms with Crippen LogP contribution in [0.2, 0.25) is 0 Å². The molecule has 1 amide bonds. The fourth-order valence-corrected chi connectivity index (χ4v) is 4.83. The zero-order valence-corrected chi connectivity index (χ0v) is 11.3. The Balaban J connectivity index is 1.53. The maximum absolute atomic E-state index is 12.5. The molecule has 3 aliphatic rings. The Labute approximate surface area is 111 Å². The summed E-state index contributed by atoms with van der Waals surface area (Å²) in [5, 5.41) is 3.42. The Hall–Kier alpha value is -0.870. The van der Waals surface area contributed by atoms with E-state index in [-0.39, 0.29) is 5.91 Å². The zero-order chi connectivity index (χ0) is 12.1. The lowest BCUT2D eigenvalue weighted by molar-refractivity contribution is 0.0786. The molecular weight excluding hydrogens is 244 g/mol. The van der Waals surface area contributed by atoms with Gasteiger partial charge in [0.15, 0.2) is 0 Å². The third-order valence-corrected chi connectivity index (χ3v) is 5.86. The van der Waals surface area contributed by atoms with Crippen molar-refractivity contribution in [1.82, 2.24) is 10.2 Å². The molecule has 2 unspecified atom stereocenters. The van der Waals surface area contributed by atoms with Gasteiger partial charge in [-0.25, -0.2) is 0 Å². The molecule has 2 fully saturated rings. The van der Waals surface area contributed by atoms with E-state index in [0.29, 0.717) is 11.8 Å². The molecule has 1 aliphatic carbocycles. The van der Waals surface area contributed by atoms with E-state index in [1.165, 1.54) is 29.7 Å². The highest BCUT2D eigenvalue weighted by Crippen LogP contribution is 2.33. The van der Waals surface area contributed by atoms with E-state index in [9.17, 15) is 4.79 Å². The number of rotatable bonds is 1. The number of thiophene rings is 1. The number of aryl methyl sites for hydroxylation is 2. The highest BCUT2D eigenvalue weighted by molar-refractivity contribution is 7.14. The fraction of sp³-hybridized carbons (Fsp3) is 0.643. The van der Waals surface area contributed by atoms with E-state index in [1.807, 2.05) is 0 Å². The lowest BCUT2D eigenvalue weighted by Gasteiger charge is -2.16. The number of amides is 1. The summed E-state index contributed by atoms with van der Waals surface area (Å²) in [4.78, 5) is 17.0. The summed E-state index contributed by atoms with van der Waals surface area (Å²) >= 11 is 1.74. The number of nitrogens with one attached hydrogen (secondary N) is 1. The van der Waals surface area contributed by atoms with Gasteiger partial charge in [0.1, 0.15) is 0 Å². The van der Waals surface area contributed by atoms with Crippen LogP contribution in [0.15, 0.2) is 6.07 Å². The Kier molecular flexibility index (Phi) is 2.49. The van der Waals surface area contributed by atoms with Gasteiger partial charge in [0, 0.05) is 31.1 Å². The molecule has 4 rings (SSSR count). The highest BCUT2D eigenvalue weighted by Gasteiger charge is 2.38. The lowest BCUT2D eigenvalue weighted by atomic mass is 10.0. The summed E-state index contributed by atoms with van der Waals surface area (Å²) in [6.45, 7) is 4.10. The van der Waals surface area contributed by atoms with Crippen LogP contribution in [0.4, 0.5) is 0 Å². The van der Waals surface area contributed by atoms with Crippen LogP contribution in [-0.2, 0) is 12.8 Å². The smallest absolute Gasteiger partial charge is 0.263 e. The molecule has 1 aromatic rings. The summed E-state index contributed by atoms with van der Waals surface area (Å²) in [7, 11) is 0. The first kappa shape index (κ1) is 11.0. The lowest BCUT2D eigenvalue weighted by Crippen LogP contribution is -2.31. The monoisotopic (exact) mass is 262 g/mol. The summed E-state index contributed by atoms with van der Waals surface area (Å²) in [5.74, 6) is 1.67. The minimum atomic E-state index is 0.281. The summed E-state index contributed by atoms with van der Waals surface area (Å²) in [6, 6.07) is 2.15. The Bertz CT molecular complexity index is 462. The van der Waals surface area contributed by atoms with Crippen LogP contribution in [0.3, 0.4) is 0 Å². The minimum absolute atomic E-state index is 0.281. The van der Waals surface area contributed by atoms with Crippen LogP contribution >= 0.6 is 11.3 Å². The number of nitrogens with zero attached hydrogens (tertiary/aromatic N) is 1. The third kappa shape index (κ3) is 1.62. The van der Waals surface area contributed by atoms with E-state index in [2.05, 4.69) is 16.3 Å². The van der Waals surface area contributed by atoms with E-state index < -0.39 is 0 Å². The van der Waals surface area contributed by atoms with Crippen LogP contribution in [0, 0.1) is 11.8 Å². The molecule has 2 saturated heterocycles. The largest absolute Gasteiger partial charge is 0.337 e. The van der Waals surface area contributed by atoms with Crippen molar-refractivity contribution in [2.45, 2.75) is 19.3 Å². The molecule has 4 heteroatoms. The normalized spacial score (nSPS) is 29.7. The van der Waals surface area contributed by atoms with Crippen molar-refractivity contribution < 1.29 is 4.79 Å². The van der Waals surface area contributed by atoms with Crippen molar-refractivity contribution in [2.24, 2.45) is 11.8 Å². The Morgan fingerprint density at radius 3 is 2.78 bits per heavy atom. The van der Waals surface area contributed by atoms with E-state index in [0.717, 1.165) is 31.1 Å². The Morgan fingerprint density at radius 1 is 1.28 bits per heavy atom. The average Bonchev–Trinajstić information content (AvgIpc) is 3.06. The first-order valence-electron chi connectivity index (χ1n) is 6.93. The van der Waals surface area contributed by atoms with Gasteiger partial charge in [-0.3, -0.25) is 4.79 Å². The molecule has 3 nitrogen and oxygen atoms in total. The predicted molar refractivity (Wildman–Crippen MR) is 72.1 cm³/mol. The number of carbonyl (C=O) groups is 1. The zero-order valence-electron chi connectivity index (χ0n) is 10.4. The summed E-state index contributed by atoms with van der Waals surface area (Å²) in [6.07, 6.45) is 3.63. The minimum Gasteiger partial charge on any atom is -0.337 e. The highest BCUT2D eigenvalue weighted by atomic mass is 32.1. The molecule has 0 saturated carbocycles. The van der Waals surface area contributed by atoms with Gasteiger partial charge in [0.05, 0.1) is 4.88 Å². The van der Waals surface area contributed by atoms with Crippen LogP contribution in [0.1, 0.15) is 26.5 Å². The first-order valence-corrected chi connectivity index (χ1v) is 7.74. The number of carbonyl (C=O) groups excluding carboxylic acids is 1. The molecule has 1 aromatic heterocycles. The number of fused-ring (bicyclic) bond motifs is 2. The van der Waals surface area contributed by atoms with Crippen LogP contribution in [0.25, 0.3) is 0 Å². The average molecular weight is 262 g/mol. The van der Waals surface area contributed by atoms with Gasteiger partial charge >= 0.3 is 0 Å². The van der Waals surface area contributed by atoms with Gasteiger partial charge in [0.2, 0.25) is 0 Å². The van der Waals surface area contributed by atoms with Gasteiger partial charge < -0.3 is 10.2 Å². The molecule has 2 atom stereocenters. The van der Waals surface area contributed by atoms with E-state index in [4.69, 9.17) is 0 Å². The second-order valence-corrected chi connectivity index (χ2v) is 6.94. The molecule has 2 aliphatic heterocycles. The van der Waals surface area contributed by atoms with Crippen molar-refractivity contribution in [1.29, 1.82) is 0 Å². The summed E-state index contributed by atoms with van der Waals surface area (Å²) < 4.78 is 0. The van der Waals surface area contributed by atoms with Crippen molar-refractivity contribution in [3.8, 4) is 0 Å². The second kappa shape index (κ2) is 4.07. The van der Waals surface area contributed by atoms with Crippen LogP contribution in [-0.4, -0.2) is 37.0 Å². The first-order chi connectivity index (χ1) is 8.81. The number of hydrogen-bond donors (Lipinski definition) is 1. The van der Waals surface area contributed by atoms with Gasteiger partial charge in [0.25, 0.3) is 5.91 Å². The SMILES string of the molecule is O=C(c1cc2c(s1)CCC2)N1CC2CNCC2C1. The molecule has 0 bridgehead atoms. The van der Waals surface area contributed by atoms with E-state index >= 15 is 0 Å². The predicted octanol–water partition coefficient (Wildman–Crippen LogP) is 1.53. The molecular formula is C14H18N2OS. The molecule has 3 heterocycles. The van der Waals surface area contributed by atoms with Gasteiger partial charge in [-0.05, 0) is 42.7 Å². The topological polar surface area (TPSA) is 32.3 Å². The van der Waals surface area contributed by atoms with Crippen molar-refractivity contribution in [3.63, 3.8) is 0 Å². The maximum atomic E-state index is 12.5. The molecule has 1 N–H and O–H groups in total. The molecule has 18 heavy (non-hydrogen) atoms. The Morgan fingerprint density at radius 2 is 2.06 bits per heavy atom. The summed E-state index contributed by atoms with van der Waals surface area (Å²) in [5.41, 5.74) is 1.43. The molecule has 0 aromatic carbocycles. The molecule has 0 radical (unpaired) electrons. The standard InChI is InChI=1S/C14H18N2OS/c17-14(13-4-9-2-1-3-12(9)18-13)16-7-10-5-15-6-11(10)8-16/h4,10-11,15H,1-3,5-8H2. The van der Waals surface area contributed by atoms with Gasteiger partial charge in [-0.1, -0.05) is 0 Å². The van der Waals surface area contributed by atoms with Crippen molar-refractivity contribution in [3.05, 3.63) is 21.4 Å². The second-order valence-electron chi connectivity index (χ2n) is 5.80. The van der Waals surface area contributed by atoms with Crippen molar-refractivity contribution in [2.75, 3.05) is 26.2 Å². The van der Waals surface area contributed by atoms with E-state index in [1.54, 1.807) is 11.3 Å².